The Labute approximate surface area is 106 Å². The number of halogens is 1. The predicted molar refractivity (Wildman–Crippen MR) is 71.5 cm³/mol. The van der Waals surface area contributed by atoms with Crippen molar-refractivity contribution in [3.05, 3.63) is 34.3 Å². The molecule has 2 nitrogen and oxygen atoms in total. The van der Waals surface area contributed by atoms with Crippen LogP contribution in [0.25, 0.3) is 0 Å². The molecular weight excluding hydrogens is 266 g/mol. The van der Waals surface area contributed by atoms with Gasteiger partial charge in [-0.25, -0.2) is 0 Å². The first-order chi connectivity index (χ1) is 7.61. The van der Waals surface area contributed by atoms with E-state index in [1.165, 1.54) is 5.56 Å². The lowest BCUT2D eigenvalue weighted by atomic mass is 10.0. The van der Waals surface area contributed by atoms with Gasteiger partial charge in [-0.1, -0.05) is 28.1 Å². The van der Waals surface area contributed by atoms with E-state index in [4.69, 9.17) is 10.5 Å². The average molecular weight is 286 g/mol. The SMILES string of the molecule is COC(C)CCC(N)Cc1cccc(Br)c1. The van der Waals surface area contributed by atoms with Crippen molar-refractivity contribution < 1.29 is 4.74 Å². The molecule has 1 aromatic rings. The van der Waals surface area contributed by atoms with Crippen molar-refractivity contribution in [2.75, 3.05) is 7.11 Å². The van der Waals surface area contributed by atoms with Gasteiger partial charge in [0.15, 0.2) is 0 Å². The molecule has 0 saturated heterocycles. The van der Waals surface area contributed by atoms with Gasteiger partial charge in [0.05, 0.1) is 6.10 Å². The van der Waals surface area contributed by atoms with E-state index in [9.17, 15) is 0 Å². The maximum Gasteiger partial charge on any atom is 0.0543 e. The van der Waals surface area contributed by atoms with Crippen molar-refractivity contribution in [1.29, 1.82) is 0 Å². The topological polar surface area (TPSA) is 35.2 Å². The van der Waals surface area contributed by atoms with Crippen LogP contribution in [0.2, 0.25) is 0 Å². The van der Waals surface area contributed by atoms with Crippen molar-refractivity contribution in [3.63, 3.8) is 0 Å². The number of hydrogen-bond acceptors (Lipinski definition) is 2. The van der Waals surface area contributed by atoms with Crippen LogP contribution in [-0.4, -0.2) is 19.3 Å². The number of ether oxygens (including phenoxy) is 1. The molecule has 0 heterocycles. The first-order valence-corrected chi connectivity index (χ1v) is 6.44. The fourth-order valence-electron chi connectivity index (χ4n) is 1.64. The van der Waals surface area contributed by atoms with Crippen LogP contribution in [0.4, 0.5) is 0 Å². The summed E-state index contributed by atoms with van der Waals surface area (Å²) in [5.41, 5.74) is 7.37. The molecule has 0 aliphatic rings. The zero-order valence-corrected chi connectivity index (χ0v) is 11.5. The van der Waals surface area contributed by atoms with E-state index in [1.54, 1.807) is 7.11 Å². The largest absolute Gasteiger partial charge is 0.382 e. The zero-order chi connectivity index (χ0) is 12.0. The maximum atomic E-state index is 6.09. The fourth-order valence-corrected chi connectivity index (χ4v) is 2.08. The van der Waals surface area contributed by atoms with Crippen molar-refractivity contribution in [1.82, 2.24) is 0 Å². The Balaban J connectivity index is 2.36. The number of nitrogens with two attached hydrogens (primary N) is 1. The van der Waals surface area contributed by atoms with Gasteiger partial charge in [-0.3, -0.25) is 0 Å². The van der Waals surface area contributed by atoms with Crippen LogP contribution in [0.3, 0.4) is 0 Å². The molecule has 1 aromatic carbocycles. The molecule has 3 heteroatoms. The van der Waals surface area contributed by atoms with Crippen LogP contribution in [-0.2, 0) is 11.2 Å². The highest BCUT2D eigenvalue weighted by Gasteiger charge is 2.07. The molecule has 2 unspecified atom stereocenters. The lowest BCUT2D eigenvalue weighted by molar-refractivity contribution is 0.107. The molecule has 0 spiro atoms. The third-order valence-electron chi connectivity index (χ3n) is 2.73. The molecule has 0 bridgehead atoms. The molecular formula is C13H20BrNO. The van der Waals surface area contributed by atoms with Gasteiger partial charge in [0, 0.05) is 17.6 Å². The number of methoxy groups -OCH3 is 1. The third kappa shape index (κ3) is 5.10. The first kappa shape index (κ1) is 13.7. The summed E-state index contributed by atoms with van der Waals surface area (Å²) >= 11 is 3.46. The molecule has 0 fully saturated rings. The molecule has 0 amide bonds. The Morgan fingerprint density at radius 2 is 2.12 bits per heavy atom. The smallest absolute Gasteiger partial charge is 0.0543 e. The molecule has 90 valence electrons. The van der Waals surface area contributed by atoms with Gasteiger partial charge >= 0.3 is 0 Å². The predicted octanol–water partition coefficient (Wildman–Crippen LogP) is 3.13. The monoisotopic (exact) mass is 285 g/mol. The lowest BCUT2D eigenvalue weighted by Gasteiger charge is -2.14. The minimum atomic E-state index is 0.215. The van der Waals surface area contributed by atoms with Crippen LogP contribution in [0.1, 0.15) is 25.3 Å². The summed E-state index contributed by atoms with van der Waals surface area (Å²) in [6.45, 7) is 2.08. The van der Waals surface area contributed by atoms with Crippen LogP contribution >= 0.6 is 15.9 Å². The Bertz CT molecular complexity index is 317. The Hall–Kier alpha value is -0.380. The molecule has 2 N–H and O–H groups in total. The van der Waals surface area contributed by atoms with Gasteiger partial charge < -0.3 is 10.5 Å². The molecule has 16 heavy (non-hydrogen) atoms. The van der Waals surface area contributed by atoms with Crippen LogP contribution in [0.15, 0.2) is 28.7 Å². The van der Waals surface area contributed by atoms with E-state index in [0.29, 0.717) is 6.10 Å². The van der Waals surface area contributed by atoms with Crippen molar-refractivity contribution in [3.8, 4) is 0 Å². The van der Waals surface area contributed by atoms with E-state index in [-0.39, 0.29) is 6.04 Å². The van der Waals surface area contributed by atoms with Crippen molar-refractivity contribution >= 4 is 15.9 Å². The number of hydrogen-bond donors (Lipinski definition) is 1. The van der Waals surface area contributed by atoms with Gasteiger partial charge in [-0.05, 0) is 43.9 Å². The van der Waals surface area contributed by atoms with Crippen LogP contribution in [0, 0.1) is 0 Å². The lowest BCUT2D eigenvalue weighted by Crippen LogP contribution is -2.24. The van der Waals surface area contributed by atoms with Crippen LogP contribution < -0.4 is 5.73 Å². The maximum absolute atomic E-state index is 6.09. The second-order valence-electron chi connectivity index (χ2n) is 4.22. The van der Waals surface area contributed by atoms with E-state index in [2.05, 4.69) is 35.0 Å². The number of benzene rings is 1. The minimum absolute atomic E-state index is 0.215. The summed E-state index contributed by atoms with van der Waals surface area (Å²) in [5.74, 6) is 0. The zero-order valence-electron chi connectivity index (χ0n) is 9.95. The van der Waals surface area contributed by atoms with E-state index in [0.717, 1.165) is 23.7 Å². The van der Waals surface area contributed by atoms with Gasteiger partial charge in [0.2, 0.25) is 0 Å². The Kier molecular flexibility index (Phi) is 6.03. The third-order valence-corrected chi connectivity index (χ3v) is 3.23. The second kappa shape index (κ2) is 7.05. The van der Waals surface area contributed by atoms with E-state index in [1.807, 2.05) is 12.1 Å². The van der Waals surface area contributed by atoms with Gasteiger partial charge in [0.1, 0.15) is 0 Å². The molecule has 2 atom stereocenters. The molecule has 0 aliphatic heterocycles. The molecule has 0 radical (unpaired) electrons. The summed E-state index contributed by atoms with van der Waals surface area (Å²) < 4.78 is 6.32. The van der Waals surface area contributed by atoms with Crippen molar-refractivity contribution in [2.45, 2.75) is 38.3 Å². The standard InChI is InChI=1S/C13H20BrNO/c1-10(16-2)6-7-13(15)9-11-4-3-5-12(14)8-11/h3-5,8,10,13H,6-7,9,15H2,1-2H3. The van der Waals surface area contributed by atoms with E-state index >= 15 is 0 Å². The minimum Gasteiger partial charge on any atom is -0.382 e. The van der Waals surface area contributed by atoms with E-state index < -0.39 is 0 Å². The van der Waals surface area contributed by atoms with Crippen molar-refractivity contribution in [2.24, 2.45) is 5.73 Å². The Morgan fingerprint density at radius 3 is 2.75 bits per heavy atom. The van der Waals surface area contributed by atoms with Gasteiger partial charge in [0.25, 0.3) is 0 Å². The highest BCUT2D eigenvalue weighted by molar-refractivity contribution is 9.10. The second-order valence-corrected chi connectivity index (χ2v) is 5.13. The summed E-state index contributed by atoms with van der Waals surface area (Å²) in [7, 11) is 1.74. The molecule has 1 rings (SSSR count). The quantitative estimate of drug-likeness (QED) is 0.872. The Morgan fingerprint density at radius 1 is 1.38 bits per heavy atom. The van der Waals surface area contributed by atoms with Gasteiger partial charge in [-0.15, -0.1) is 0 Å². The molecule has 0 saturated carbocycles. The number of rotatable bonds is 6. The fraction of sp³-hybridized carbons (Fsp3) is 0.538. The summed E-state index contributed by atoms with van der Waals surface area (Å²) in [5, 5.41) is 0. The normalized spacial score (nSPS) is 14.8. The summed E-state index contributed by atoms with van der Waals surface area (Å²) in [6, 6.07) is 8.53. The average Bonchev–Trinajstić information content (AvgIpc) is 2.26. The highest BCUT2D eigenvalue weighted by Crippen LogP contribution is 2.14. The van der Waals surface area contributed by atoms with Gasteiger partial charge in [-0.2, -0.15) is 0 Å². The summed E-state index contributed by atoms with van der Waals surface area (Å²) in [4.78, 5) is 0. The van der Waals surface area contributed by atoms with Crippen LogP contribution in [0.5, 0.6) is 0 Å². The molecule has 0 aromatic heterocycles. The summed E-state index contributed by atoms with van der Waals surface area (Å²) in [6.07, 6.45) is 3.25. The first-order valence-electron chi connectivity index (χ1n) is 5.64. The molecule has 0 aliphatic carbocycles. The highest BCUT2D eigenvalue weighted by atomic mass is 79.9.